The summed E-state index contributed by atoms with van der Waals surface area (Å²) in [6.45, 7) is 3.54. The van der Waals surface area contributed by atoms with Crippen LogP contribution in [0.2, 0.25) is 0 Å². The number of piperidine rings is 1. The molecule has 0 unspecified atom stereocenters. The normalized spacial score (nSPS) is 16.2. The molecule has 2 heterocycles. The molecule has 1 aliphatic heterocycles. The van der Waals surface area contributed by atoms with Gasteiger partial charge >= 0.3 is 0 Å². The van der Waals surface area contributed by atoms with Crippen LogP contribution in [-0.2, 0) is 0 Å². The molecule has 1 amide bonds. The Morgan fingerprint density at radius 1 is 1.12 bits per heavy atom. The van der Waals surface area contributed by atoms with E-state index >= 15 is 0 Å². The number of hydrogen-bond donors (Lipinski definition) is 1. The number of likely N-dealkylation sites (tertiary alicyclic amines) is 1. The van der Waals surface area contributed by atoms with Crippen molar-refractivity contribution in [1.29, 1.82) is 0 Å². The molecular formula is C20H22N2O2. The maximum Gasteiger partial charge on any atom is 0.289 e. The highest BCUT2D eigenvalue weighted by Crippen LogP contribution is 2.32. The van der Waals surface area contributed by atoms with Crippen molar-refractivity contribution in [2.45, 2.75) is 25.8 Å². The second kappa shape index (κ2) is 5.95. The van der Waals surface area contributed by atoms with E-state index in [0.717, 1.165) is 53.2 Å². The Morgan fingerprint density at radius 3 is 2.62 bits per heavy atom. The van der Waals surface area contributed by atoms with Crippen molar-refractivity contribution >= 4 is 27.6 Å². The van der Waals surface area contributed by atoms with Crippen LogP contribution in [0.1, 0.15) is 29.0 Å². The first-order valence-corrected chi connectivity index (χ1v) is 8.56. The van der Waals surface area contributed by atoms with Gasteiger partial charge in [0.25, 0.3) is 5.91 Å². The fourth-order valence-corrected chi connectivity index (χ4v) is 3.67. The van der Waals surface area contributed by atoms with Gasteiger partial charge in [-0.15, -0.1) is 0 Å². The average molecular weight is 322 g/mol. The summed E-state index contributed by atoms with van der Waals surface area (Å²) in [5.74, 6) is 0.506. The van der Waals surface area contributed by atoms with E-state index < -0.39 is 0 Å². The number of furan rings is 1. The van der Waals surface area contributed by atoms with Crippen LogP contribution in [0.4, 0.5) is 0 Å². The Labute approximate surface area is 141 Å². The van der Waals surface area contributed by atoms with Gasteiger partial charge in [0.1, 0.15) is 5.58 Å². The van der Waals surface area contributed by atoms with E-state index in [0.29, 0.717) is 11.8 Å². The van der Waals surface area contributed by atoms with E-state index in [-0.39, 0.29) is 5.91 Å². The zero-order valence-corrected chi connectivity index (χ0v) is 14.1. The Hall–Kier alpha value is -2.33. The monoisotopic (exact) mass is 322 g/mol. The lowest BCUT2D eigenvalue weighted by Gasteiger charge is -2.31. The standard InChI is InChI=1S/C20H22N2O2/c1-13-16-8-7-14-5-3-4-6-17(14)19(16)24-18(13)20(23)22-11-9-15(21-2)10-12-22/h3-8,15,21H,9-12H2,1-2H3. The molecule has 2 aromatic carbocycles. The Balaban J connectivity index is 1.73. The number of carbonyl (C=O) groups excluding carboxylic acids is 1. The van der Waals surface area contributed by atoms with Crippen molar-refractivity contribution < 1.29 is 9.21 Å². The predicted octanol–water partition coefficient (Wildman–Crippen LogP) is 3.72. The number of nitrogens with one attached hydrogen (secondary N) is 1. The van der Waals surface area contributed by atoms with Crippen molar-refractivity contribution in [1.82, 2.24) is 10.2 Å². The third-order valence-corrected chi connectivity index (χ3v) is 5.21. The molecule has 1 aromatic heterocycles. The van der Waals surface area contributed by atoms with Gasteiger partial charge in [0.2, 0.25) is 0 Å². The van der Waals surface area contributed by atoms with E-state index in [1.165, 1.54) is 0 Å². The van der Waals surface area contributed by atoms with Crippen LogP contribution in [0, 0.1) is 6.92 Å². The van der Waals surface area contributed by atoms with Gasteiger partial charge in [0.15, 0.2) is 5.76 Å². The molecule has 4 heteroatoms. The van der Waals surface area contributed by atoms with E-state index in [4.69, 9.17) is 4.42 Å². The third kappa shape index (κ3) is 2.38. The summed E-state index contributed by atoms with van der Waals surface area (Å²) in [6.07, 6.45) is 1.98. The molecule has 0 aliphatic carbocycles. The molecule has 0 saturated carbocycles. The van der Waals surface area contributed by atoms with E-state index in [1.807, 2.05) is 37.1 Å². The lowest BCUT2D eigenvalue weighted by atomic mass is 10.0. The summed E-state index contributed by atoms with van der Waals surface area (Å²) in [5, 5.41) is 6.52. The number of amides is 1. The predicted molar refractivity (Wildman–Crippen MR) is 96.4 cm³/mol. The molecule has 1 fully saturated rings. The number of fused-ring (bicyclic) bond motifs is 3. The molecule has 1 aliphatic rings. The summed E-state index contributed by atoms with van der Waals surface area (Å²) in [7, 11) is 1.98. The fraction of sp³-hybridized carbons (Fsp3) is 0.350. The Bertz CT molecular complexity index is 905. The lowest BCUT2D eigenvalue weighted by molar-refractivity contribution is 0.0676. The number of aryl methyl sites for hydroxylation is 1. The SMILES string of the molecule is CNC1CCN(C(=O)c2oc3c(ccc4ccccc43)c2C)CC1. The van der Waals surface area contributed by atoms with Crippen LogP contribution >= 0.6 is 0 Å². The molecule has 3 aromatic rings. The third-order valence-electron chi connectivity index (χ3n) is 5.21. The molecule has 0 bridgehead atoms. The maximum atomic E-state index is 12.9. The van der Waals surface area contributed by atoms with E-state index in [9.17, 15) is 4.79 Å². The summed E-state index contributed by atoms with van der Waals surface area (Å²) in [5.41, 5.74) is 1.76. The van der Waals surface area contributed by atoms with Crippen LogP contribution in [0.25, 0.3) is 21.7 Å². The smallest absolute Gasteiger partial charge is 0.289 e. The minimum atomic E-state index is 0.0161. The van der Waals surface area contributed by atoms with E-state index in [2.05, 4.69) is 23.5 Å². The van der Waals surface area contributed by atoms with Crippen molar-refractivity contribution in [3.63, 3.8) is 0 Å². The van der Waals surface area contributed by atoms with Gasteiger partial charge in [0, 0.05) is 35.5 Å². The minimum Gasteiger partial charge on any atom is -0.450 e. The first-order valence-electron chi connectivity index (χ1n) is 8.56. The zero-order valence-electron chi connectivity index (χ0n) is 14.1. The molecule has 1 N–H and O–H groups in total. The molecular weight excluding hydrogens is 300 g/mol. The number of rotatable bonds is 2. The van der Waals surface area contributed by atoms with Crippen molar-refractivity contribution in [2.24, 2.45) is 0 Å². The summed E-state index contributed by atoms with van der Waals surface area (Å²) < 4.78 is 6.07. The first kappa shape index (κ1) is 15.2. The molecule has 0 atom stereocenters. The van der Waals surface area contributed by atoms with Gasteiger partial charge in [-0.3, -0.25) is 4.79 Å². The average Bonchev–Trinajstić information content (AvgIpc) is 2.98. The second-order valence-corrected chi connectivity index (χ2v) is 6.57. The highest BCUT2D eigenvalue weighted by Gasteiger charge is 2.27. The molecule has 1 saturated heterocycles. The van der Waals surface area contributed by atoms with Crippen molar-refractivity contribution in [2.75, 3.05) is 20.1 Å². The quantitative estimate of drug-likeness (QED) is 0.782. The lowest BCUT2D eigenvalue weighted by Crippen LogP contribution is -2.44. The Morgan fingerprint density at radius 2 is 1.88 bits per heavy atom. The molecule has 4 nitrogen and oxygen atoms in total. The number of benzene rings is 2. The van der Waals surface area contributed by atoms with Gasteiger partial charge in [-0.05, 0) is 32.2 Å². The molecule has 0 spiro atoms. The second-order valence-electron chi connectivity index (χ2n) is 6.57. The maximum absolute atomic E-state index is 12.9. The van der Waals surface area contributed by atoms with E-state index in [1.54, 1.807) is 0 Å². The van der Waals surface area contributed by atoms with Crippen LogP contribution < -0.4 is 5.32 Å². The molecule has 124 valence electrons. The molecule has 24 heavy (non-hydrogen) atoms. The van der Waals surface area contributed by atoms with Gasteiger partial charge in [-0.25, -0.2) is 0 Å². The van der Waals surface area contributed by atoms with Gasteiger partial charge in [-0.1, -0.05) is 36.4 Å². The summed E-state index contributed by atoms with van der Waals surface area (Å²) >= 11 is 0. The topological polar surface area (TPSA) is 45.5 Å². The van der Waals surface area contributed by atoms with Crippen molar-refractivity contribution in [3.8, 4) is 0 Å². The first-order chi connectivity index (χ1) is 11.7. The zero-order chi connectivity index (χ0) is 16.7. The highest BCUT2D eigenvalue weighted by atomic mass is 16.3. The van der Waals surface area contributed by atoms with Gasteiger partial charge in [0.05, 0.1) is 0 Å². The summed E-state index contributed by atoms with van der Waals surface area (Å²) in [6, 6.07) is 12.8. The highest BCUT2D eigenvalue weighted by molar-refractivity contribution is 6.08. The van der Waals surface area contributed by atoms with Gasteiger partial charge in [-0.2, -0.15) is 0 Å². The van der Waals surface area contributed by atoms with Crippen molar-refractivity contribution in [3.05, 3.63) is 47.7 Å². The minimum absolute atomic E-state index is 0.0161. The van der Waals surface area contributed by atoms with Crippen LogP contribution in [-0.4, -0.2) is 37.0 Å². The number of carbonyl (C=O) groups is 1. The number of hydrogen-bond acceptors (Lipinski definition) is 3. The number of nitrogens with zero attached hydrogens (tertiary/aromatic N) is 1. The largest absolute Gasteiger partial charge is 0.450 e. The molecule has 4 rings (SSSR count). The van der Waals surface area contributed by atoms with Crippen LogP contribution in [0.5, 0.6) is 0 Å². The summed E-state index contributed by atoms with van der Waals surface area (Å²) in [4.78, 5) is 14.9. The van der Waals surface area contributed by atoms with Crippen LogP contribution in [0.3, 0.4) is 0 Å². The van der Waals surface area contributed by atoms with Crippen LogP contribution in [0.15, 0.2) is 40.8 Å². The molecule has 0 radical (unpaired) electrons. The fourth-order valence-electron chi connectivity index (χ4n) is 3.67. The van der Waals surface area contributed by atoms with Gasteiger partial charge < -0.3 is 14.6 Å². The Kier molecular flexibility index (Phi) is 3.77.